The molecule has 0 aliphatic carbocycles. The third-order valence-corrected chi connectivity index (χ3v) is 3.28. The van der Waals surface area contributed by atoms with Crippen LogP contribution in [0.5, 0.6) is 0 Å². The van der Waals surface area contributed by atoms with E-state index in [9.17, 15) is 4.79 Å². The minimum atomic E-state index is -0.0598. The number of hydrogen-bond donors (Lipinski definition) is 2. The van der Waals surface area contributed by atoms with Crippen LogP contribution in [0, 0.1) is 0 Å². The fraction of sp³-hybridized carbons (Fsp3) is 0.250. The first-order valence-electron chi connectivity index (χ1n) is 6.76. The third kappa shape index (κ3) is 3.51. The molecule has 0 aliphatic rings. The normalized spacial score (nSPS) is 11.8. The molecule has 5 heteroatoms. The van der Waals surface area contributed by atoms with Crippen LogP contribution in [0.4, 0.5) is 11.4 Å². The zero-order valence-electron chi connectivity index (χ0n) is 12.5. The van der Waals surface area contributed by atoms with E-state index in [1.807, 2.05) is 25.1 Å². The standard InChI is InChI=1S/C16H20N4O/c1-11(12-6-8-18-9-7-12)19-15-5-4-13(10-14(15)17)16(21)20(2)3/h4-11,19H,17H2,1-3H3. The van der Waals surface area contributed by atoms with Gasteiger partial charge in [0, 0.05) is 38.1 Å². The summed E-state index contributed by atoms with van der Waals surface area (Å²) >= 11 is 0. The first-order chi connectivity index (χ1) is 9.99. The summed E-state index contributed by atoms with van der Waals surface area (Å²) in [6.07, 6.45) is 3.52. The van der Waals surface area contributed by atoms with Gasteiger partial charge < -0.3 is 16.0 Å². The van der Waals surface area contributed by atoms with Crippen LogP contribution in [0.15, 0.2) is 42.7 Å². The molecule has 1 heterocycles. The van der Waals surface area contributed by atoms with Crippen molar-refractivity contribution in [2.45, 2.75) is 13.0 Å². The van der Waals surface area contributed by atoms with E-state index in [1.165, 1.54) is 4.90 Å². The highest BCUT2D eigenvalue weighted by atomic mass is 16.2. The number of carbonyl (C=O) groups is 1. The minimum absolute atomic E-state index is 0.0598. The van der Waals surface area contributed by atoms with Gasteiger partial charge in [-0.25, -0.2) is 0 Å². The van der Waals surface area contributed by atoms with Crippen molar-refractivity contribution < 1.29 is 4.79 Å². The monoisotopic (exact) mass is 284 g/mol. The Morgan fingerprint density at radius 1 is 1.24 bits per heavy atom. The van der Waals surface area contributed by atoms with Crippen molar-refractivity contribution in [3.63, 3.8) is 0 Å². The molecule has 110 valence electrons. The van der Waals surface area contributed by atoms with E-state index in [0.29, 0.717) is 11.3 Å². The molecular formula is C16H20N4O. The van der Waals surface area contributed by atoms with E-state index in [-0.39, 0.29) is 11.9 Å². The second-order valence-corrected chi connectivity index (χ2v) is 5.15. The molecule has 1 atom stereocenters. The fourth-order valence-corrected chi connectivity index (χ4v) is 2.05. The maximum absolute atomic E-state index is 11.9. The number of nitrogen functional groups attached to an aromatic ring is 1. The summed E-state index contributed by atoms with van der Waals surface area (Å²) < 4.78 is 0. The average Bonchev–Trinajstić information content (AvgIpc) is 2.49. The molecule has 3 N–H and O–H groups in total. The Labute approximate surface area is 124 Å². The predicted molar refractivity (Wildman–Crippen MR) is 85.1 cm³/mol. The molecular weight excluding hydrogens is 264 g/mol. The molecule has 0 aliphatic heterocycles. The number of amides is 1. The fourth-order valence-electron chi connectivity index (χ4n) is 2.05. The van der Waals surface area contributed by atoms with E-state index in [1.54, 1.807) is 38.6 Å². The zero-order chi connectivity index (χ0) is 15.4. The van der Waals surface area contributed by atoms with Gasteiger partial charge in [-0.1, -0.05) is 0 Å². The van der Waals surface area contributed by atoms with E-state index >= 15 is 0 Å². The number of rotatable bonds is 4. The molecule has 0 radical (unpaired) electrons. The molecule has 1 unspecified atom stereocenters. The summed E-state index contributed by atoms with van der Waals surface area (Å²) in [5, 5.41) is 3.34. The largest absolute Gasteiger partial charge is 0.397 e. The van der Waals surface area contributed by atoms with Crippen molar-refractivity contribution in [2.24, 2.45) is 0 Å². The Kier molecular flexibility index (Phi) is 4.42. The van der Waals surface area contributed by atoms with Crippen LogP contribution in [0.2, 0.25) is 0 Å². The van der Waals surface area contributed by atoms with Crippen molar-refractivity contribution in [1.82, 2.24) is 9.88 Å². The third-order valence-electron chi connectivity index (χ3n) is 3.28. The molecule has 0 saturated carbocycles. The highest BCUT2D eigenvalue weighted by molar-refractivity contribution is 5.95. The van der Waals surface area contributed by atoms with Gasteiger partial charge in [0.15, 0.2) is 0 Å². The summed E-state index contributed by atoms with van der Waals surface area (Å²) in [5.41, 5.74) is 9.12. The average molecular weight is 284 g/mol. The van der Waals surface area contributed by atoms with Crippen LogP contribution in [0.3, 0.4) is 0 Å². The van der Waals surface area contributed by atoms with Crippen molar-refractivity contribution in [1.29, 1.82) is 0 Å². The maximum Gasteiger partial charge on any atom is 0.253 e. The van der Waals surface area contributed by atoms with E-state index < -0.39 is 0 Å². The number of benzene rings is 1. The Morgan fingerprint density at radius 3 is 2.48 bits per heavy atom. The van der Waals surface area contributed by atoms with Gasteiger partial charge in [0.25, 0.3) is 5.91 Å². The quantitative estimate of drug-likeness (QED) is 0.846. The highest BCUT2D eigenvalue weighted by Crippen LogP contribution is 2.25. The molecule has 2 rings (SSSR count). The number of nitrogens with one attached hydrogen (secondary N) is 1. The number of nitrogens with zero attached hydrogens (tertiary/aromatic N) is 2. The van der Waals surface area contributed by atoms with Crippen molar-refractivity contribution >= 4 is 17.3 Å². The summed E-state index contributed by atoms with van der Waals surface area (Å²) in [6, 6.07) is 9.33. The number of hydrogen-bond acceptors (Lipinski definition) is 4. The van der Waals surface area contributed by atoms with Crippen LogP contribution in [0.25, 0.3) is 0 Å². The van der Waals surface area contributed by atoms with Crippen molar-refractivity contribution in [3.05, 3.63) is 53.9 Å². The first kappa shape index (κ1) is 14.8. The van der Waals surface area contributed by atoms with E-state index in [4.69, 9.17) is 5.73 Å². The summed E-state index contributed by atoms with van der Waals surface area (Å²) in [4.78, 5) is 17.4. The predicted octanol–water partition coefficient (Wildman–Crippen LogP) is 2.54. The number of pyridine rings is 1. The van der Waals surface area contributed by atoms with Crippen molar-refractivity contribution in [3.8, 4) is 0 Å². The minimum Gasteiger partial charge on any atom is -0.397 e. The zero-order valence-corrected chi connectivity index (χ0v) is 12.5. The molecule has 0 bridgehead atoms. The van der Waals surface area contributed by atoms with Crippen LogP contribution in [-0.2, 0) is 0 Å². The van der Waals surface area contributed by atoms with Gasteiger partial charge in [0.2, 0.25) is 0 Å². The van der Waals surface area contributed by atoms with Crippen molar-refractivity contribution in [2.75, 3.05) is 25.1 Å². The van der Waals surface area contributed by atoms with Crippen LogP contribution >= 0.6 is 0 Å². The number of anilines is 2. The van der Waals surface area contributed by atoms with E-state index in [2.05, 4.69) is 10.3 Å². The lowest BCUT2D eigenvalue weighted by molar-refractivity contribution is 0.0827. The molecule has 2 aromatic rings. The summed E-state index contributed by atoms with van der Waals surface area (Å²) in [6.45, 7) is 2.05. The summed E-state index contributed by atoms with van der Waals surface area (Å²) in [5.74, 6) is -0.0598. The van der Waals surface area contributed by atoms with Crippen LogP contribution in [-0.4, -0.2) is 29.9 Å². The highest BCUT2D eigenvalue weighted by Gasteiger charge is 2.11. The molecule has 0 spiro atoms. The molecule has 1 aromatic heterocycles. The Balaban J connectivity index is 2.17. The smallest absolute Gasteiger partial charge is 0.253 e. The Morgan fingerprint density at radius 2 is 1.90 bits per heavy atom. The molecule has 1 aromatic carbocycles. The SMILES string of the molecule is CC(Nc1ccc(C(=O)N(C)C)cc1N)c1ccncc1. The topological polar surface area (TPSA) is 71.2 Å². The van der Waals surface area contributed by atoms with Gasteiger partial charge in [-0.2, -0.15) is 0 Å². The maximum atomic E-state index is 11.9. The van der Waals surface area contributed by atoms with Gasteiger partial charge in [-0.15, -0.1) is 0 Å². The Hall–Kier alpha value is -2.56. The number of carbonyl (C=O) groups excluding carboxylic acids is 1. The number of aromatic nitrogens is 1. The second kappa shape index (κ2) is 6.26. The van der Waals surface area contributed by atoms with Crippen LogP contribution < -0.4 is 11.1 Å². The number of nitrogens with two attached hydrogens (primary N) is 1. The van der Waals surface area contributed by atoms with Gasteiger partial charge in [-0.3, -0.25) is 9.78 Å². The lowest BCUT2D eigenvalue weighted by Gasteiger charge is -2.18. The van der Waals surface area contributed by atoms with Crippen LogP contribution in [0.1, 0.15) is 28.9 Å². The molecule has 1 amide bonds. The Bertz CT molecular complexity index is 625. The van der Waals surface area contributed by atoms with Gasteiger partial charge >= 0.3 is 0 Å². The van der Waals surface area contributed by atoms with Gasteiger partial charge in [0.05, 0.1) is 11.4 Å². The molecule has 5 nitrogen and oxygen atoms in total. The van der Waals surface area contributed by atoms with Gasteiger partial charge in [-0.05, 0) is 42.8 Å². The first-order valence-corrected chi connectivity index (χ1v) is 6.76. The second-order valence-electron chi connectivity index (χ2n) is 5.15. The molecule has 0 saturated heterocycles. The summed E-state index contributed by atoms with van der Waals surface area (Å²) in [7, 11) is 3.44. The molecule has 21 heavy (non-hydrogen) atoms. The van der Waals surface area contributed by atoms with Gasteiger partial charge in [0.1, 0.15) is 0 Å². The lowest BCUT2D eigenvalue weighted by Crippen LogP contribution is -2.21. The lowest BCUT2D eigenvalue weighted by atomic mass is 10.1. The molecule has 0 fully saturated rings. The van der Waals surface area contributed by atoms with E-state index in [0.717, 1.165) is 11.3 Å².